The van der Waals surface area contributed by atoms with Crippen molar-refractivity contribution in [3.8, 4) is 22.5 Å². The van der Waals surface area contributed by atoms with Crippen LogP contribution in [0.3, 0.4) is 0 Å². The maximum absolute atomic E-state index is 13.3. The molecule has 1 amide bonds. The molecular formula is C28H28N4O. The number of carbonyl (C=O) groups excluding carboxylic acids is 1. The largest absolute Gasteiger partial charge is 0.339 e. The summed E-state index contributed by atoms with van der Waals surface area (Å²) < 4.78 is 0. The van der Waals surface area contributed by atoms with Gasteiger partial charge in [-0.05, 0) is 51.2 Å². The Labute approximate surface area is 194 Å². The van der Waals surface area contributed by atoms with Crippen molar-refractivity contribution in [2.75, 3.05) is 27.2 Å². The highest BCUT2D eigenvalue weighted by Crippen LogP contribution is 2.31. The van der Waals surface area contributed by atoms with Crippen LogP contribution in [-0.4, -0.2) is 58.9 Å². The molecule has 1 saturated heterocycles. The van der Waals surface area contributed by atoms with Gasteiger partial charge in [0.2, 0.25) is 0 Å². The summed E-state index contributed by atoms with van der Waals surface area (Å²) in [6, 6.07) is 26.2. The van der Waals surface area contributed by atoms with Crippen molar-refractivity contribution in [1.82, 2.24) is 19.8 Å². The Hall–Kier alpha value is -3.57. The molecule has 5 heteroatoms. The first-order valence-electron chi connectivity index (χ1n) is 11.5. The standard InChI is InChI=1S/C28H28N4O/c1-31-17-15-23(16-18-31)32(2)28(33)22-13-14-24-25(19-22)30-27(21-11-7-4-8-12-21)26(29-24)20-9-5-3-6-10-20/h3-14,19,23H,15-18H2,1-2H3. The minimum atomic E-state index is 0.0432. The van der Waals surface area contributed by atoms with E-state index in [1.54, 1.807) is 0 Å². The number of likely N-dealkylation sites (tertiary alicyclic amines) is 1. The summed E-state index contributed by atoms with van der Waals surface area (Å²) in [5.41, 5.74) is 5.87. The first-order chi connectivity index (χ1) is 16.1. The van der Waals surface area contributed by atoms with Crippen LogP contribution in [0.4, 0.5) is 0 Å². The zero-order chi connectivity index (χ0) is 22.8. The van der Waals surface area contributed by atoms with E-state index in [2.05, 4.69) is 24.1 Å². The quantitative estimate of drug-likeness (QED) is 0.445. The summed E-state index contributed by atoms with van der Waals surface area (Å²) in [6.45, 7) is 2.04. The van der Waals surface area contributed by atoms with E-state index in [0.29, 0.717) is 5.56 Å². The normalized spacial score (nSPS) is 15.0. The van der Waals surface area contributed by atoms with Crippen LogP contribution >= 0.6 is 0 Å². The first kappa shape index (κ1) is 21.3. The molecule has 1 aliphatic rings. The number of fused-ring (bicyclic) bond motifs is 1. The van der Waals surface area contributed by atoms with Crippen LogP contribution in [-0.2, 0) is 0 Å². The Kier molecular flexibility index (Phi) is 5.88. The Morgan fingerprint density at radius 2 is 1.36 bits per heavy atom. The van der Waals surface area contributed by atoms with E-state index in [9.17, 15) is 4.79 Å². The van der Waals surface area contributed by atoms with E-state index in [0.717, 1.165) is 59.5 Å². The average Bonchev–Trinajstić information content (AvgIpc) is 2.88. The van der Waals surface area contributed by atoms with Gasteiger partial charge in [0, 0.05) is 29.8 Å². The van der Waals surface area contributed by atoms with Gasteiger partial charge in [0.25, 0.3) is 5.91 Å². The van der Waals surface area contributed by atoms with Crippen LogP contribution in [0.2, 0.25) is 0 Å². The second kappa shape index (κ2) is 9.12. The molecule has 0 unspecified atom stereocenters. The van der Waals surface area contributed by atoms with Crippen LogP contribution in [0, 0.1) is 0 Å². The third-order valence-electron chi connectivity index (χ3n) is 6.56. The summed E-state index contributed by atoms with van der Waals surface area (Å²) in [7, 11) is 4.05. The second-order valence-corrected chi connectivity index (χ2v) is 8.81. The van der Waals surface area contributed by atoms with Crippen molar-refractivity contribution in [2.45, 2.75) is 18.9 Å². The van der Waals surface area contributed by atoms with Crippen molar-refractivity contribution in [3.05, 3.63) is 84.4 Å². The molecule has 0 bridgehead atoms. The molecule has 33 heavy (non-hydrogen) atoms. The molecular weight excluding hydrogens is 408 g/mol. The summed E-state index contributed by atoms with van der Waals surface area (Å²) in [4.78, 5) is 27.5. The summed E-state index contributed by atoms with van der Waals surface area (Å²) in [5.74, 6) is 0.0432. The maximum atomic E-state index is 13.3. The Morgan fingerprint density at radius 1 is 0.818 bits per heavy atom. The van der Waals surface area contributed by atoms with E-state index in [1.807, 2.05) is 78.7 Å². The lowest BCUT2D eigenvalue weighted by molar-refractivity contribution is 0.0659. The molecule has 1 fully saturated rings. The van der Waals surface area contributed by atoms with Crippen molar-refractivity contribution in [2.24, 2.45) is 0 Å². The van der Waals surface area contributed by atoms with Crippen LogP contribution in [0.5, 0.6) is 0 Å². The van der Waals surface area contributed by atoms with E-state index in [1.165, 1.54) is 0 Å². The van der Waals surface area contributed by atoms with E-state index >= 15 is 0 Å². The van der Waals surface area contributed by atoms with Crippen LogP contribution < -0.4 is 0 Å². The number of carbonyl (C=O) groups is 1. The predicted octanol–water partition coefficient (Wildman–Crippen LogP) is 5.13. The molecule has 0 saturated carbocycles. The highest BCUT2D eigenvalue weighted by Gasteiger charge is 2.25. The first-order valence-corrected chi connectivity index (χ1v) is 11.5. The SMILES string of the molecule is CN1CCC(N(C)C(=O)c2ccc3nc(-c4ccccc4)c(-c4ccccc4)nc3c2)CC1. The molecule has 0 N–H and O–H groups in total. The molecule has 166 valence electrons. The van der Waals surface area contributed by atoms with Gasteiger partial charge in [-0.1, -0.05) is 60.7 Å². The van der Waals surface area contributed by atoms with E-state index < -0.39 is 0 Å². The minimum absolute atomic E-state index is 0.0432. The summed E-state index contributed by atoms with van der Waals surface area (Å²) in [5, 5.41) is 0. The molecule has 5 nitrogen and oxygen atoms in total. The number of hydrogen-bond acceptors (Lipinski definition) is 4. The Morgan fingerprint density at radius 3 is 1.94 bits per heavy atom. The molecule has 0 radical (unpaired) electrons. The molecule has 0 spiro atoms. The molecule has 2 heterocycles. The lowest BCUT2D eigenvalue weighted by Crippen LogP contribution is -2.44. The lowest BCUT2D eigenvalue weighted by atomic mass is 10.0. The van der Waals surface area contributed by atoms with Gasteiger partial charge < -0.3 is 9.80 Å². The number of benzene rings is 3. The van der Waals surface area contributed by atoms with E-state index in [4.69, 9.17) is 9.97 Å². The fourth-order valence-electron chi connectivity index (χ4n) is 4.53. The zero-order valence-corrected chi connectivity index (χ0v) is 19.1. The van der Waals surface area contributed by atoms with Crippen LogP contribution in [0.1, 0.15) is 23.2 Å². The van der Waals surface area contributed by atoms with Gasteiger partial charge in [-0.15, -0.1) is 0 Å². The van der Waals surface area contributed by atoms with Gasteiger partial charge in [-0.25, -0.2) is 9.97 Å². The summed E-state index contributed by atoms with van der Waals surface area (Å²) >= 11 is 0. The van der Waals surface area contributed by atoms with Crippen LogP contribution in [0.25, 0.3) is 33.5 Å². The number of nitrogens with zero attached hydrogens (tertiary/aromatic N) is 4. The maximum Gasteiger partial charge on any atom is 0.253 e. The average molecular weight is 437 g/mol. The Bertz CT molecular complexity index is 1270. The smallest absolute Gasteiger partial charge is 0.253 e. The number of piperidine rings is 1. The highest BCUT2D eigenvalue weighted by molar-refractivity contribution is 5.98. The van der Waals surface area contributed by atoms with Gasteiger partial charge in [0.1, 0.15) is 0 Å². The minimum Gasteiger partial charge on any atom is -0.339 e. The topological polar surface area (TPSA) is 49.3 Å². The molecule has 4 aromatic rings. The van der Waals surface area contributed by atoms with Gasteiger partial charge in [-0.2, -0.15) is 0 Å². The molecule has 3 aromatic carbocycles. The third-order valence-corrected chi connectivity index (χ3v) is 6.56. The van der Waals surface area contributed by atoms with Crippen LogP contribution in [0.15, 0.2) is 78.9 Å². The van der Waals surface area contributed by atoms with Gasteiger partial charge >= 0.3 is 0 Å². The number of rotatable bonds is 4. The van der Waals surface area contributed by atoms with Gasteiger partial charge in [0.05, 0.1) is 22.4 Å². The number of aromatic nitrogens is 2. The van der Waals surface area contributed by atoms with Gasteiger partial charge in [0.15, 0.2) is 0 Å². The van der Waals surface area contributed by atoms with E-state index in [-0.39, 0.29) is 11.9 Å². The molecule has 0 atom stereocenters. The molecule has 0 aliphatic carbocycles. The fraction of sp³-hybridized carbons (Fsp3) is 0.250. The Balaban J connectivity index is 1.55. The highest BCUT2D eigenvalue weighted by atomic mass is 16.2. The fourth-order valence-corrected chi connectivity index (χ4v) is 4.53. The number of amides is 1. The zero-order valence-electron chi connectivity index (χ0n) is 19.1. The van der Waals surface area contributed by atoms with Crippen molar-refractivity contribution < 1.29 is 4.79 Å². The monoisotopic (exact) mass is 436 g/mol. The van der Waals surface area contributed by atoms with Crippen molar-refractivity contribution in [1.29, 1.82) is 0 Å². The van der Waals surface area contributed by atoms with Crippen molar-refractivity contribution >= 4 is 16.9 Å². The molecule has 1 aliphatic heterocycles. The number of hydrogen-bond donors (Lipinski definition) is 0. The molecule has 5 rings (SSSR count). The van der Waals surface area contributed by atoms with Gasteiger partial charge in [-0.3, -0.25) is 4.79 Å². The van der Waals surface area contributed by atoms with Crippen molar-refractivity contribution in [3.63, 3.8) is 0 Å². The third kappa shape index (κ3) is 4.37. The second-order valence-electron chi connectivity index (χ2n) is 8.81. The molecule has 1 aromatic heterocycles. The summed E-state index contributed by atoms with van der Waals surface area (Å²) in [6.07, 6.45) is 2.01. The predicted molar refractivity (Wildman–Crippen MR) is 133 cm³/mol. The lowest BCUT2D eigenvalue weighted by Gasteiger charge is -2.35.